The second kappa shape index (κ2) is 7.07. The van der Waals surface area contributed by atoms with Crippen LogP contribution in [0.4, 0.5) is 0 Å². The molecule has 2 N–H and O–H groups in total. The number of aliphatic hydroxyl groups excluding tert-OH is 1. The lowest BCUT2D eigenvalue weighted by atomic mass is 9.75. The summed E-state index contributed by atoms with van der Waals surface area (Å²) >= 11 is 0. The van der Waals surface area contributed by atoms with Crippen molar-refractivity contribution in [2.75, 3.05) is 7.11 Å². The fourth-order valence-electron chi connectivity index (χ4n) is 3.85. The lowest BCUT2D eigenvalue weighted by molar-refractivity contribution is 0.0230. The van der Waals surface area contributed by atoms with Gasteiger partial charge in [-0.2, -0.15) is 0 Å². The number of rotatable bonds is 5. The molecule has 1 atom stereocenters. The summed E-state index contributed by atoms with van der Waals surface area (Å²) in [6, 6.07) is 3.45. The van der Waals surface area contributed by atoms with E-state index in [0.29, 0.717) is 24.5 Å². The number of fused-ring (bicyclic) bond motifs is 1. The van der Waals surface area contributed by atoms with Crippen LogP contribution >= 0.6 is 0 Å². The van der Waals surface area contributed by atoms with Crippen molar-refractivity contribution in [3.05, 3.63) is 40.9 Å². The molecule has 1 saturated carbocycles. The number of nitrogens with one attached hydrogen (secondary N) is 1. The van der Waals surface area contributed by atoms with E-state index in [0.717, 1.165) is 42.5 Å². The summed E-state index contributed by atoms with van der Waals surface area (Å²) in [7, 11) is 1.57. The Kier molecular flexibility index (Phi) is 4.63. The normalized spacial score (nSPS) is 22.8. The van der Waals surface area contributed by atoms with Gasteiger partial charge in [-0.1, -0.05) is 11.2 Å². The van der Waals surface area contributed by atoms with Gasteiger partial charge in [-0.05, 0) is 50.0 Å². The van der Waals surface area contributed by atoms with Gasteiger partial charge in [-0.15, -0.1) is 0 Å². The molecule has 0 radical (unpaired) electrons. The van der Waals surface area contributed by atoms with Gasteiger partial charge in [0.15, 0.2) is 0 Å². The van der Waals surface area contributed by atoms with Crippen molar-refractivity contribution in [2.24, 2.45) is 5.92 Å². The smallest absolute Gasteiger partial charge is 0.290 e. The number of hydrogen-bond acceptors (Lipinski definition) is 6. The molecule has 26 heavy (non-hydrogen) atoms. The summed E-state index contributed by atoms with van der Waals surface area (Å²) in [4.78, 5) is 17.1. The molecule has 1 fully saturated rings. The summed E-state index contributed by atoms with van der Waals surface area (Å²) < 4.78 is 10.5. The Hall–Kier alpha value is -2.41. The first-order valence-electron chi connectivity index (χ1n) is 9.12. The predicted octanol–water partition coefficient (Wildman–Crippen LogP) is 2.20. The molecule has 0 aliphatic heterocycles. The summed E-state index contributed by atoms with van der Waals surface area (Å²) in [5.74, 6) is 0.772. The molecule has 0 bridgehead atoms. The Balaban J connectivity index is 1.56. The third-order valence-electron chi connectivity index (χ3n) is 5.40. The number of amides is 1. The zero-order valence-electron chi connectivity index (χ0n) is 14.8. The molecule has 4 rings (SSSR count). The first kappa shape index (κ1) is 17.0. The van der Waals surface area contributed by atoms with Gasteiger partial charge in [0.2, 0.25) is 11.6 Å². The van der Waals surface area contributed by atoms with Crippen molar-refractivity contribution in [3.63, 3.8) is 0 Å². The molecule has 1 amide bonds. The van der Waals surface area contributed by atoms with Crippen LogP contribution in [0.3, 0.4) is 0 Å². The van der Waals surface area contributed by atoms with E-state index in [1.54, 1.807) is 19.4 Å². The third-order valence-corrected chi connectivity index (χ3v) is 5.40. The lowest BCUT2D eigenvalue weighted by Gasteiger charge is -2.38. The number of pyridine rings is 1. The molecule has 0 spiro atoms. The number of ether oxygens (including phenoxy) is 1. The first-order valence-corrected chi connectivity index (χ1v) is 9.12. The Morgan fingerprint density at radius 1 is 1.35 bits per heavy atom. The summed E-state index contributed by atoms with van der Waals surface area (Å²) in [6.45, 7) is 0. The maximum atomic E-state index is 12.9. The number of carbonyl (C=O) groups excluding carboxylic acids is 1. The van der Waals surface area contributed by atoms with Crippen LogP contribution in [0.2, 0.25) is 0 Å². The van der Waals surface area contributed by atoms with Crippen molar-refractivity contribution < 1.29 is 19.2 Å². The van der Waals surface area contributed by atoms with Crippen LogP contribution in [0.25, 0.3) is 0 Å². The van der Waals surface area contributed by atoms with Crippen molar-refractivity contribution in [1.82, 2.24) is 15.5 Å². The van der Waals surface area contributed by atoms with Gasteiger partial charge in [0.25, 0.3) is 5.91 Å². The highest BCUT2D eigenvalue weighted by Gasteiger charge is 2.37. The molecule has 0 saturated heterocycles. The van der Waals surface area contributed by atoms with E-state index in [1.165, 1.54) is 0 Å². The van der Waals surface area contributed by atoms with Gasteiger partial charge in [0.1, 0.15) is 0 Å². The quantitative estimate of drug-likeness (QED) is 0.851. The van der Waals surface area contributed by atoms with Gasteiger partial charge >= 0.3 is 0 Å². The van der Waals surface area contributed by atoms with Crippen LogP contribution in [0.5, 0.6) is 5.88 Å². The number of hydrogen-bond donors (Lipinski definition) is 2. The molecule has 2 aliphatic carbocycles. The molecule has 7 heteroatoms. The fourth-order valence-corrected chi connectivity index (χ4v) is 3.85. The lowest BCUT2D eigenvalue weighted by Crippen LogP contribution is -2.41. The number of methoxy groups -OCH3 is 1. The largest absolute Gasteiger partial charge is 0.481 e. The number of nitrogens with zero attached hydrogens (tertiary/aromatic N) is 2. The Bertz CT molecular complexity index is 781. The van der Waals surface area contributed by atoms with Crippen LogP contribution < -0.4 is 10.1 Å². The third kappa shape index (κ3) is 3.19. The first-order chi connectivity index (χ1) is 12.7. The minimum absolute atomic E-state index is 0.169. The maximum Gasteiger partial charge on any atom is 0.290 e. The average molecular weight is 357 g/mol. The van der Waals surface area contributed by atoms with Gasteiger partial charge in [-0.3, -0.25) is 4.79 Å². The standard InChI is InChI=1S/C19H23N3O4/c1-25-16-7-6-11(10-20-16)17(12-8-13(23)9-12)21-19(24)18-14-4-2-3-5-15(14)22-26-18/h6-7,10,12-13,17,23H,2-5,8-9H2,1H3,(H,21,24)/t12?,13?,17-/m0/s1. The fraction of sp³-hybridized carbons (Fsp3) is 0.526. The van der Waals surface area contributed by atoms with Crippen molar-refractivity contribution in [1.29, 1.82) is 0 Å². The average Bonchev–Trinajstić information content (AvgIpc) is 3.08. The highest BCUT2D eigenvalue weighted by molar-refractivity contribution is 5.93. The molecule has 2 heterocycles. The predicted molar refractivity (Wildman–Crippen MR) is 92.9 cm³/mol. The molecule has 0 aromatic carbocycles. The van der Waals surface area contributed by atoms with E-state index in [2.05, 4.69) is 15.5 Å². The van der Waals surface area contributed by atoms with E-state index in [1.807, 2.05) is 6.07 Å². The number of carbonyl (C=O) groups is 1. The Morgan fingerprint density at radius 2 is 2.15 bits per heavy atom. The van der Waals surface area contributed by atoms with Crippen LogP contribution in [0.15, 0.2) is 22.9 Å². The SMILES string of the molecule is COc1ccc([C@H](NC(=O)c2onc3c2CCCC3)C2CC(O)C2)cn1. The molecule has 2 aromatic rings. The molecule has 0 unspecified atom stereocenters. The number of aliphatic hydroxyl groups is 1. The maximum absolute atomic E-state index is 12.9. The summed E-state index contributed by atoms with van der Waals surface area (Å²) in [5.41, 5.74) is 2.74. The van der Waals surface area contributed by atoms with Gasteiger partial charge in [0, 0.05) is 17.8 Å². The van der Waals surface area contributed by atoms with Crippen LogP contribution in [-0.4, -0.2) is 34.4 Å². The molecular weight excluding hydrogens is 334 g/mol. The molecule has 7 nitrogen and oxygen atoms in total. The van der Waals surface area contributed by atoms with E-state index >= 15 is 0 Å². The molecular formula is C19H23N3O4. The topological polar surface area (TPSA) is 97.5 Å². The van der Waals surface area contributed by atoms with Crippen molar-refractivity contribution in [3.8, 4) is 5.88 Å². The monoisotopic (exact) mass is 357 g/mol. The minimum atomic E-state index is -0.302. The molecule has 2 aliphatic rings. The Morgan fingerprint density at radius 3 is 2.85 bits per heavy atom. The highest BCUT2D eigenvalue weighted by Crippen LogP contribution is 2.38. The van der Waals surface area contributed by atoms with E-state index in [4.69, 9.17) is 9.26 Å². The van der Waals surface area contributed by atoms with E-state index < -0.39 is 0 Å². The van der Waals surface area contributed by atoms with E-state index in [-0.39, 0.29) is 24.0 Å². The second-order valence-electron chi connectivity index (χ2n) is 7.11. The van der Waals surface area contributed by atoms with Crippen molar-refractivity contribution in [2.45, 2.75) is 50.7 Å². The summed E-state index contributed by atoms with van der Waals surface area (Å²) in [5, 5.41) is 16.8. The molecule has 2 aromatic heterocycles. The number of aromatic nitrogens is 2. The van der Waals surface area contributed by atoms with Crippen molar-refractivity contribution >= 4 is 5.91 Å². The minimum Gasteiger partial charge on any atom is -0.481 e. The summed E-state index contributed by atoms with van der Waals surface area (Å²) in [6.07, 6.45) is 6.56. The highest BCUT2D eigenvalue weighted by atomic mass is 16.5. The zero-order chi connectivity index (χ0) is 18.1. The second-order valence-corrected chi connectivity index (χ2v) is 7.11. The van der Waals surface area contributed by atoms with Crippen LogP contribution in [0, 0.1) is 5.92 Å². The van der Waals surface area contributed by atoms with Crippen LogP contribution in [0.1, 0.15) is 59.1 Å². The number of aryl methyl sites for hydroxylation is 1. The Labute approximate surface area is 151 Å². The van der Waals surface area contributed by atoms with Gasteiger partial charge < -0.3 is 19.7 Å². The van der Waals surface area contributed by atoms with Gasteiger partial charge in [0.05, 0.1) is 24.9 Å². The zero-order valence-corrected chi connectivity index (χ0v) is 14.8. The van der Waals surface area contributed by atoms with E-state index in [9.17, 15) is 9.90 Å². The molecule has 138 valence electrons. The van der Waals surface area contributed by atoms with Gasteiger partial charge in [-0.25, -0.2) is 4.98 Å². The van der Waals surface area contributed by atoms with Crippen LogP contribution in [-0.2, 0) is 12.8 Å².